The molecule has 0 amide bonds. The van der Waals surface area contributed by atoms with Crippen LogP contribution in [0.4, 0.5) is 0 Å². The number of rotatable bonds is 1. The van der Waals surface area contributed by atoms with Crippen LogP contribution in [0.3, 0.4) is 0 Å². The van der Waals surface area contributed by atoms with E-state index in [4.69, 9.17) is 14.0 Å². The van der Waals surface area contributed by atoms with E-state index in [2.05, 4.69) is 0 Å². The molecule has 1 N–H and O–H groups in total. The summed E-state index contributed by atoms with van der Waals surface area (Å²) in [5.41, 5.74) is 0.956. The Morgan fingerprint density at radius 1 is 1.05 bits per heavy atom. The highest BCUT2D eigenvalue weighted by Gasteiger charge is 2.15. The molecule has 2 aromatic carbocycles. The first-order valence-electron chi connectivity index (χ1n) is 6.79. The lowest BCUT2D eigenvalue weighted by atomic mass is 10.2. The Kier molecular flexibility index (Phi) is 5.05. The van der Waals surface area contributed by atoms with Crippen LogP contribution in [0.5, 0.6) is 11.5 Å². The third-order valence-corrected chi connectivity index (χ3v) is 3.84. The molecule has 1 atom stereocenters. The average molecular weight is 322 g/mol. The predicted octanol–water partition coefficient (Wildman–Crippen LogP) is 3.09. The third kappa shape index (κ3) is 4.47. The van der Waals surface area contributed by atoms with Gasteiger partial charge in [0, 0.05) is 0 Å². The van der Waals surface area contributed by atoms with E-state index in [-0.39, 0.29) is 11.0 Å². The number of para-hydroxylation sites is 2. The van der Waals surface area contributed by atoms with Crippen molar-refractivity contribution in [2.24, 2.45) is 0 Å². The van der Waals surface area contributed by atoms with Crippen LogP contribution in [0.2, 0.25) is 0 Å². The largest absolute Gasteiger partial charge is 0.486 e. The highest BCUT2D eigenvalue weighted by molar-refractivity contribution is 7.85. The fraction of sp³-hybridized carbons (Fsp3) is 0.250. The van der Waals surface area contributed by atoms with E-state index in [0.29, 0.717) is 6.61 Å². The van der Waals surface area contributed by atoms with Crippen LogP contribution in [0.25, 0.3) is 0 Å². The minimum absolute atomic E-state index is 0.0666. The maximum atomic E-state index is 10.5. The molecule has 3 rings (SSSR count). The van der Waals surface area contributed by atoms with Gasteiger partial charge in [-0.2, -0.15) is 8.42 Å². The zero-order valence-corrected chi connectivity index (χ0v) is 13.2. The molecular weight excluding hydrogens is 304 g/mol. The summed E-state index contributed by atoms with van der Waals surface area (Å²) in [6.07, 6.45) is 0.171. The zero-order valence-electron chi connectivity index (χ0n) is 12.4. The van der Waals surface area contributed by atoms with E-state index >= 15 is 0 Å². The smallest absolute Gasteiger partial charge is 0.294 e. The Labute approximate surface area is 130 Å². The van der Waals surface area contributed by atoms with Gasteiger partial charge in [0.05, 0.1) is 4.90 Å². The molecule has 0 radical (unpaired) electrons. The van der Waals surface area contributed by atoms with Gasteiger partial charge in [0.2, 0.25) is 0 Å². The van der Waals surface area contributed by atoms with Gasteiger partial charge in [-0.1, -0.05) is 29.8 Å². The number of hydrogen-bond acceptors (Lipinski definition) is 4. The van der Waals surface area contributed by atoms with Crippen molar-refractivity contribution in [2.45, 2.75) is 24.8 Å². The fourth-order valence-corrected chi connectivity index (χ4v) is 2.31. The van der Waals surface area contributed by atoms with Gasteiger partial charge in [0.25, 0.3) is 10.1 Å². The lowest BCUT2D eigenvalue weighted by Crippen LogP contribution is -2.25. The van der Waals surface area contributed by atoms with Crippen molar-refractivity contribution in [1.29, 1.82) is 0 Å². The fourth-order valence-electron chi connectivity index (χ4n) is 1.83. The normalized spacial score (nSPS) is 16.4. The molecule has 5 nitrogen and oxygen atoms in total. The number of ether oxygens (including phenoxy) is 2. The van der Waals surface area contributed by atoms with Crippen LogP contribution in [0.1, 0.15) is 12.5 Å². The van der Waals surface area contributed by atoms with Crippen LogP contribution in [0.15, 0.2) is 53.4 Å². The molecule has 1 heterocycles. The average Bonchev–Trinajstić information content (AvgIpc) is 2.47. The number of aryl methyl sites for hydroxylation is 1. The van der Waals surface area contributed by atoms with Crippen molar-refractivity contribution in [2.75, 3.05) is 6.61 Å². The van der Waals surface area contributed by atoms with Gasteiger partial charge >= 0.3 is 0 Å². The Morgan fingerprint density at radius 2 is 1.64 bits per heavy atom. The van der Waals surface area contributed by atoms with E-state index < -0.39 is 10.1 Å². The van der Waals surface area contributed by atoms with Gasteiger partial charge in [-0.15, -0.1) is 0 Å². The molecule has 0 aromatic heterocycles. The molecule has 1 aliphatic rings. The minimum Gasteiger partial charge on any atom is -0.486 e. The summed E-state index contributed by atoms with van der Waals surface area (Å²) < 4.78 is 40.5. The summed E-state index contributed by atoms with van der Waals surface area (Å²) in [7, 11) is -4.02. The minimum atomic E-state index is -4.02. The van der Waals surface area contributed by atoms with Gasteiger partial charge in [0.15, 0.2) is 11.5 Å². The maximum Gasteiger partial charge on any atom is 0.294 e. The van der Waals surface area contributed by atoms with Crippen LogP contribution >= 0.6 is 0 Å². The summed E-state index contributed by atoms with van der Waals surface area (Å²) in [4.78, 5) is -0.0666. The van der Waals surface area contributed by atoms with E-state index in [1.54, 1.807) is 12.1 Å². The molecule has 118 valence electrons. The van der Waals surface area contributed by atoms with Gasteiger partial charge in [0.1, 0.15) is 12.7 Å². The summed E-state index contributed by atoms with van der Waals surface area (Å²) in [6.45, 7) is 4.49. The first kappa shape index (κ1) is 16.3. The highest BCUT2D eigenvalue weighted by Crippen LogP contribution is 2.30. The molecule has 1 unspecified atom stereocenters. The SMILES string of the molecule is CC1COc2ccccc2O1.Cc1ccc(S(=O)(=O)O)cc1. The standard InChI is InChI=1S/C9H10O2.C7H8O3S/c1-7-6-10-8-4-2-3-5-9(8)11-7;1-6-2-4-7(5-3-6)11(8,9)10/h2-5,7H,6H2,1H3;2-5H,1H3,(H,8,9,10). The Bertz CT molecular complexity index is 722. The second-order valence-electron chi connectivity index (χ2n) is 4.97. The summed E-state index contributed by atoms with van der Waals surface area (Å²) in [5.74, 6) is 1.71. The molecule has 6 heteroatoms. The Hall–Kier alpha value is -2.05. The van der Waals surface area contributed by atoms with Crippen molar-refractivity contribution >= 4 is 10.1 Å². The molecule has 0 aliphatic carbocycles. The zero-order chi connectivity index (χ0) is 16.2. The Balaban J connectivity index is 0.000000160. The number of fused-ring (bicyclic) bond motifs is 1. The lowest BCUT2D eigenvalue weighted by Gasteiger charge is -2.23. The monoisotopic (exact) mass is 322 g/mol. The molecule has 0 saturated carbocycles. The molecular formula is C16H18O5S. The predicted molar refractivity (Wildman–Crippen MR) is 83.0 cm³/mol. The molecule has 0 bridgehead atoms. The molecule has 1 aliphatic heterocycles. The molecule has 0 saturated heterocycles. The quantitative estimate of drug-likeness (QED) is 0.817. The Morgan fingerprint density at radius 3 is 2.23 bits per heavy atom. The molecule has 2 aromatic rings. The first-order chi connectivity index (χ1) is 10.4. The molecule has 22 heavy (non-hydrogen) atoms. The van der Waals surface area contributed by atoms with Crippen molar-refractivity contribution in [3.8, 4) is 11.5 Å². The summed E-state index contributed by atoms with van der Waals surface area (Å²) >= 11 is 0. The maximum absolute atomic E-state index is 10.5. The molecule has 0 spiro atoms. The van der Waals surface area contributed by atoms with Crippen molar-refractivity contribution in [1.82, 2.24) is 0 Å². The highest BCUT2D eigenvalue weighted by atomic mass is 32.2. The van der Waals surface area contributed by atoms with Crippen LogP contribution in [-0.2, 0) is 10.1 Å². The van der Waals surface area contributed by atoms with Crippen molar-refractivity contribution < 1.29 is 22.4 Å². The van der Waals surface area contributed by atoms with Crippen molar-refractivity contribution in [3.05, 3.63) is 54.1 Å². The van der Waals surface area contributed by atoms with E-state index in [1.807, 2.05) is 38.1 Å². The van der Waals surface area contributed by atoms with Crippen LogP contribution in [0, 0.1) is 6.92 Å². The third-order valence-electron chi connectivity index (χ3n) is 2.97. The van der Waals surface area contributed by atoms with E-state index in [0.717, 1.165) is 17.1 Å². The topological polar surface area (TPSA) is 72.8 Å². The van der Waals surface area contributed by atoms with Crippen molar-refractivity contribution in [3.63, 3.8) is 0 Å². The first-order valence-corrected chi connectivity index (χ1v) is 8.23. The summed E-state index contributed by atoms with van der Waals surface area (Å²) in [5, 5.41) is 0. The number of benzene rings is 2. The second kappa shape index (κ2) is 6.81. The lowest BCUT2D eigenvalue weighted by molar-refractivity contribution is 0.104. The van der Waals surface area contributed by atoms with Gasteiger partial charge < -0.3 is 9.47 Å². The number of hydrogen-bond donors (Lipinski definition) is 1. The van der Waals surface area contributed by atoms with E-state index in [1.165, 1.54) is 12.1 Å². The van der Waals surface area contributed by atoms with E-state index in [9.17, 15) is 8.42 Å². The van der Waals surface area contributed by atoms with Crippen LogP contribution in [-0.4, -0.2) is 25.7 Å². The van der Waals surface area contributed by atoms with Gasteiger partial charge in [-0.25, -0.2) is 0 Å². The van der Waals surface area contributed by atoms with Gasteiger partial charge in [-0.05, 0) is 38.1 Å². The molecule has 0 fully saturated rings. The summed E-state index contributed by atoms with van der Waals surface area (Å²) in [6, 6.07) is 13.7. The van der Waals surface area contributed by atoms with Crippen LogP contribution < -0.4 is 9.47 Å². The van der Waals surface area contributed by atoms with Gasteiger partial charge in [-0.3, -0.25) is 4.55 Å². The second-order valence-corrected chi connectivity index (χ2v) is 6.40.